The van der Waals surface area contributed by atoms with Crippen molar-refractivity contribution in [2.75, 3.05) is 0 Å². The fourth-order valence-corrected chi connectivity index (χ4v) is 0. The molecule has 0 atom stereocenters. The van der Waals surface area contributed by atoms with E-state index in [1.165, 1.54) is 0 Å². The Morgan fingerprint density at radius 3 is 0.750 bits per heavy atom. The summed E-state index contributed by atoms with van der Waals surface area (Å²) in [6, 6.07) is 0. The molecule has 0 aliphatic rings. The minimum Gasteiger partial charge on any atom is -0.521 e. The van der Waals surface area contributed by atoms with Gasteiger partial charge in [0.05, 0.1) is 0 Å². The van der Waals surface area contributed by atoms with Gasteiger partial charge in [-0.1, -0.05) is 0 Å². The van der Waals surface area contributed by atoms with Crippen molar-refractivity contribution >= 4 is 0 Å². The molecule has 0 saturated carbocycles. The Labute approximate surface area is 168 Å². The standard InChI is InChI=1S/C2H3.CH3.W.4Y/c1-2;;;;;;/h1H,2H2;1H3;;;;;/q2*-1;;;;;. The zero-order valence-corrected chi connectivity index (χ0v) is 19.3. The second-order valence-corrected chi connectivity index (χ2v) is 0. The second-order valence-electron chi connectivity index (χ2n) is 0. The summed E-state index contributed by atoms with van der Waals surface area (Å²) < 4.78 is 0. The van der Waals surface area contributed by atoms with E-state index in [4.69, 9.17) is 0 Å². The molecule has 0 N–H and O–H groups in total. The van der Waals surface area contributed by atoms with Crippen molar-refractivity contribution in [3.63, 3.8) is 0 Å². The van der Waals surface area contributed by atoms with Crippen LogP contribution < -0.4 is 0 Å². The van der Waals surface area contributed by atoms with E-state index in [0.717, 1.165) is 0 Å². The largest absolute Gasteiger partial charge is 0.521 e. The maximum absolute atomic E-state index is 4.25. The van der Waals surface area contributed by atoms with Crippen LogP contribution in [0, 0.1) is 14.0 Å². The molecule has 0 amide bonds. The molecule has 0 heterocycles. The van der Waals surface area contributed by atoms with Gasteiger partial charge in [-0.3, -0.25) is 6.58 Å². The van der Waals surface area contributed by atoms with Gasteiger partial charge in [-0.25, -0.2) is 0 Å². The minimum absolute atomic E-state index is 0. The van der Waals surface area contributed by atoms with Crippen LogP contribution in [-0.2, 0) is 152 Å². The van der Waals surface area contributed by atoms with Gasteiger partial charge < -0.3 is 14.0 Å². The fraction of sp³-hybridized carbons (Fsp3) is 0. The monoisotopic (exact) mass is 582 g/mol. The summed E-state index contributed by atoms with van der Waals surface area (Å²) in [6.07, 6.45) is 0. The third-order valence-electron chi connectivity index (χ3n) is 0. The van der Waals surface area contributed by atoms with E-state index < -0.39 is 0 Å². The molecule has 0 rings (SSSR count). The first-order chi connectivity index (χ1) is 1.00. The predicted molar refractivity (Wildman–Crippen MR) is 16.3 cm³/mol. The molecule has 0 nitrogen and oxygen atoms in total. The van der Waals surface area contributed by atoms with Crippen LogP contribution in [0.15, 0.2) is 6.58 Å². The predicted octanol–water partition coefficient (Wildman–Crippen LogP) is 1.04. The summed E-state index contributed by atoms with van der Waals surface area (Å²) in [7, 11) is 0. The Morgan fingerprint density at radius 1 is 0.750 bits per heavy atom. The Bertz CT molecular complexity index is 11.2. The molecule has 0 fully saturated rings. The van der Waals surface area contributed by atoms with Crippen molar-refractivity contribution < 1.29 is 152 Å². The van der Waals surface area contributed by atoms with E-state index >= 15 is 0 Å². The molecule has 4 radical (unpaired) electrons. The first-order valence-electron chi connectivity index (χ1n) is 0.408. The van der Waals surface area contributed by atoms with Crippen LogP contribution in [-0.4, -0.2) is 0 Å². The van der Waals surface area contributed by atoms with Crippen molar-refractivity contribution in [2.45, 2.75) is 0 Å². The molecular weight excluding hydrogens is 575 g/mol. The van der Waals surface area contributed by atoms with Crippen LogP contribution in [0.1, 0.15) is 0 Å². The summed E-state index contributed by atoms with van der Waals surface area (Å²) in [5.41, 5.74) is 0. The average Bonchev–Trinajstić information content (AvgIpc) is 1.00. The fourth-order valence-electron chi connectivity index (χ4n) is 0. The van der Waals surface area contributed by atoms with Crippen LogP contribution in [0.3, 0.4) is 0 Å². The van der Waals surface area contributed by atoms with Crippen LogP contribution in [0.2, 0.25) is 0 Å². The molecule has 5 heteroatoms. The van der Waals surface area contributed by atoms with Crippen LogP contribution >= 0.6 is 0 Å². The van der Waals surface area contributed by atoms with Crippen molar-refractivity contribution in [2.24, 2.45) is 0 Å². The first-order valence-corrected chi connectivity index (χ1v) is 0.408. The third-order valence-corrected chi connectivity index (χ3v) is 0. The van der Waals surface area contributed by atoms with Crippen molar-refractivity contribution in [3.05, 3.63) is 20.6 Å². The number of hydrogen-bond donors (Lipinski definition) is 0. The summed E-state index contributed by atoms with van der Waals surface area (Å²) >= 11 is 0. The van der Waals surface area contributed by atoms with Gasteiger partial charge in [-0.2, -0.15) is 0 Å². The van der Waals surface area contributed by atoms with E-state index in [1.54, 1.807) is 0 Å². The van der Waals surface area contributed by atoms with Crippen LogP contribution in [0.25, 0.3) is 0 Å². The molecule has 0 aliphatic heterocycles. The Morgan fingerprint density at radius 2 is 0.750 bits per heavy atom. The number of rotatable bonds is 0. The van der Waals surface area contributed by atoms with Gasteiger partial charge in [0, 0.05) is 152 Å². The van der Waals surface area contributed by atoms with Gasteiger partial charge >= 0.3 is 0 Å². The van der Waals surface area contributed by atoms with E-state index in [2.05, 4.69) is 13.2 Å². The summed E-state index contributed by atoms with van der Waals surface area (Å²) in [5.74, 6) is 0. The van der Waals surface area contributed by atoms with Gasteiger partial charge in [0.15, 0.2) is 0 Å². The van der Waals surface area contributed by atoms with Gasteiger partial charge in [0.1, 0.15) is 0 Å². The maximum Gasteiger partial charge on any atom is 0 e. The van der Waals surface area contributed by atoms with E-state index in [-0.39, 0.29) is 159 Å². The summed E-state index contributed by atoms with van der Waals surface area (Å²) in [5, 5.41) is 0. The molecule has 0 bridgehead atoms. The Hall–Kier alpha value is 4.84. The summed E-state index contributed by atoms with van der Waals surface area (Å²) in [4.78, 5) is 0. The van der Waals surface area contributed by atoms with Gasteiger partial charge in [0.25, 0.3) is 0 Å². The molecule has 0 unspecified atom stereocenters. The number of hydrogen-bond acceptors (Lipinski definition) is 0. The summed E-state index contributed by atoms with van der Waals surface area (Å²) in [6.45, 7) is 7.00. The Kier molecular flexibility index (Phi) is 391. The average molecular weight is 582 g/mol. The molecule has 0 aromatic carbocycles. The van der Waals surface area contributed by atoms with E-state index in [9.17, 15) is 0 Å². The molecule has 0 saturated heterocycles. The quantitative estimate of drug-likeness (QED) is 0.376. The zero-order valence-electron chi connectivity index (χ0n) is 5.00. The molecule has 8 heavy (non-hydrogen) atoms. The Balaban J connectivity index is -0.000000000333. The molecule has 38 valence electrons. The molecule has 0 aromatic rings. The van der Waals surface area contributed by atoms with Gasteiger partial charge in [0.2, 0.25) is 0 Å². The zero-order chi connectivity index (χ0) is 2.00. The molecule has 0 spiro atoms. The van der Waals surface area contributed by atoms with Crippen LogP contribution in [0.4, 0.5) is 0 Å². The normalized spacial score (nSPS) is 0.500. The molecule has 0 aliphatic carbocycles. The third kappa shape index (κ3) is 44.8. The van der Waals surface area contributed by atoms with Crippen molar-refractivity contribution in [1.29, 1.82) is 0 Å². The van der Waals surface area contributed by atoms with Crippen molar-refractivity contribution in [1.82, 2.24) is 0 Å². The molecular formula is C3H6WY4-2. The van der Waals surface area contributed by atoms with E-state index in [1.807, 2.05) is 0 Å². The SMILES string of the molecule is [CH-]=C.[CH3-].[W].[Y].[Y].[Y].[Y]. The van der Waals surface area contributed by atoms with Crippen LogP contribution in [0.5, 0.6) is 0 Å². The minimum atomic E-state index is 0. The van der Waals surface area contributed by atoms with Crippen molar-refractivity contribution in [3.8, 4) is 0 Å². The smallest absolute Gasteiger partial charge is 0 e. The first kappa shape index (κ1) is 52.8. The maximum atomic E-state index is 4.25. The van der Waals surface area contributed by atoms with Gasteiger partial charge in [-0.05, 0) is 0 Å². The second kappa shape index (κ2) is 59.4. The van der Waals surface area contributed by atoms with Gasteiger partial charge in [-0.15, -0.1) is 0 Å². The topological polar surface area (TPSA) is 0 Å². The van der Waals surface area contributed by atoms with E-state index in [0.29, 0.717) is 0 Å². The molecule has 0 aromatic heterocycles.